The summed E-state index contributed by atoms with van der Waals surface area (Å²) in [6.45, 7) is 6.08. The van der Waals surface area contributed by atoms with Crippen molar-refractivity contribution in [2.24, 2.45) is 0 Å². The number of carbonyl (C=O) groups is 1. The molecule has 140 valence electrons. The van der Waals surface area contributed by atoms with Crippen LogP contribution in [0.25, 0.3) is 0 Å². The molecule has 0 spiro atoms. The Hall–Kier alpha value is -2.70. The number of anilines is 1. The fourth-order valence-corrected chi connectivity index (χ4v) is 2.14. The highest BCUT2D eigenvalue weighted by atomic mass is 19.4. The Labute approximate surface area is 149 Å². The highest BCUT2D eigenvalue weighted by Gasteiger charge is 2.30. The van der Waals surface area contributed by atoms with Crippen molar-refractivity contribution in [3.8, 4) is 11.5 Å². The minimum absolute atomic E-state index is 0.0257. The molecular weight excluding hydrogens is 347 g/mol. The summed E-state index contributed by atoms with van der Waals surface area (Å²) in [6.07, 6.45) is -4.75. The fraction of sp³-hybridized carbons (Fsp3) is 0.316. The van der Waals surface area contributed by atoms with Gasteiger partial charge in [0.25, 0.3) is 5.91 Å². The Balaban J connectivity index is 1.85. The third-order valence-electron chi connectivity index (χ3n) is 3.46. The molecule has 2 aromatic rings. The number of carbonyl (C=O) groups excluding carboxylic acids is 1. The molecule has 2 aromatic carbocycles. The van der Waals surface area contributed by atoms with E-state index in [1.165, 1.54) is 12.1 Å². The molecule has 0 saturated carbocycles. The van der Waals surface area contributed by atoms with Gasteiger partial charge in [0, 0.05) is 5.69 Å². The van der Waals surface area contributed by atoms with Crippen LogP contribution < -0.4 is 14.8 Å². The third-order valence-corrected chi connectivity index (χ3v) is 3.46. The molecule has 0 aromatic heterocycles. The first-order valence-corrected chi connectivity index (χ1v) is 7.92. The zero-order chi connectivity index (χ0) is 19.4. The van der Waals surface area contributed by atoms with Crippen LogP contribution in [0.4, 0.5) is 18.9 Å². The van der Waals surface area contributed by atoms with Gasteiger partial charge in [0.15, 0.2) is 6.61 Å². The van der Waals surface area contributed by atoms with Crippen molar-refractivity contribution >= 4 is 11.6 Å². The van der Waals surface area contributed by atoms with Crippen molar-refractivity contribution in [3.05, 3.63) is 54.1 Å². The number of amides is 1. The molecule has 0 fully saturated rings. The lowest BCUT2D eigenvalue weighted by atomic mass is 9.87. The highest BCUT2D eigenvalue weighted by Crippen LogP contribution is 2.25. The SMILES string of the molecule is CC(C)(C)c1ccc(OCC(=O)Nc2ccc(OC(F)(F)F)cc2)cc1. The zero-order valence-corrected chi connectivity index (χ0v) is 14.7. The summed E-state index contributed by atoms with van der Waals surface area (Å²) >= 11 is 0. The summed E-state index contributed by atoms with van der Waals surface area (Å²) in [5, 5.41) is 2.54. The molecule has 0 saturated heterocycles. The van der Waals surface area contributed by atoms with E-state index in [0.29, 0.717) is 11.4 Å². The van der Waals surface area contributed by atoms with Crippen molar-refractivity contribution in [1.82, 2.24) is 0 Å². The average Bonchev–Trinajstić information content (AvgIpc) is 2.53. The van der Waals surface area contributed by atoms with Crippen molar-refractivity contribution < 1.29 is 27.4 Å². The van der Waals surface area contributed by atoms with Crippen LogP contribution in [0.2, 0.25) is 0 Å². The molecule has 0 aliphatic carbocycles. The predicted molar refractivity (Wildman–Crippen MR) is 92.4 cm³/mol. The van der Waals surface area contributed by atoms with Crippen molar-refractivity contribution in [3.63, 3.8) is 0 Å². The number of hydrogen-bond acceptors (Lipinski definition) is 3. The number of benzene rings is 2. The Morgan fingerprint density at radius 1 is 0.923 bits per heavy atom. The molecule has 0 radical (unpaired) electrons. The number of rotatable bonds is 5. The molecule has 2 rings (SSSR count). The summed E-state index contributed by atoms with van der Waals surface area (Å²) in [5.41, 5.74) is 1.52. The van der Waals surface area contributed by atoms with Crippen LogP contribution in [0.3, 0.4) is 0 Å². The monoisotopic (exact) mass is 367 g/mol. The molecule has 1 N–H and O–H groups in total. The number of halogens is 3. The molecule has 1 amide bonds. The van der Waals surface area contributed by atoms with E-state index in [-0.39, 0.29) is 17.8 Å². The summed E-state index contributed by atoms with van der Waals surface area (Å²) in [6, 6.07) is 12.3. The van der Waals surface area contributed by atoms with Crippen LogP contribution in [0.1, 0.15) is 26.3 Å². The van der Waals surface area contributed by atoms with Gasteiger partial charge in [-0.3, -0.25) is 4.79 Å². The van der Waals surface area contributed by atoms with Gasteiger partial charge in [-0.05, 0) is 47.4 Å². The second kappa shape index (κ2) is 7.68. The molecule has 0 aliphatic heterocycles. The maximum atomic E-state index is 12.1. The van der Waals surface area contributed by atoms with Gasteiger partial charge in [0.2, 0.25) is 0 Å². The van der Waals surface area contributed by atoms with Gasteiger partial charge in [0.05, 0.1) is 0 Å². The van der Waals surface area contributed by atoms with E-state index in [2.05, 4.69) is 30.8 Å². The van der Waals surface area contributed by atoms with Crippen molar-refractivity contribution in [1.29, 1.82) is 0 Å². The van der Waals surface area contributed by atoms with Crippen molar-refractivity contribution in [2.75, 3.05) is 11.9 Å². The average molecular weight is 367 g/mol. The first-order valence-electron chi connectivity index (χ1n) is 7.92. The molecule has 26 heavy (non-hydrogen) atoms. The number of alkyl halides is 3. The smallest absolute Gasteiger partial charge is 0.484 e. The highest BCUT2D eigenvalue weighted by molar-refractivity contribution is 5.91. The van der Waals surface area contributed by atoms with Gasteiger partial charge in [-0.1, -0.05) is 32.9 Å². The van der Waals surface area contributed by atoms with Crippen LogP contribution >= 0.6 is 0 Å². The lowest BCUT2D eigenvalue weighted by Gasteiger charge is -2.19. The Morgan fingerprint density at radius 3 is 1.96 bits per heavy atom. The van der Waals surface area contributed by atoms with Gasteiger partial charge in [-0.2, -0.15) is 0 Å². The van der Waals surface area contributed by atoms with E-state index in [0.717, 1.165) is 17.7 Å². The van der Waals surface area contributed by atoms with Crippen LogP contribution in [-0.2, 0) is 10.2 Å². The molecule has 0 bridgehead atoms. The van der Waals surface area contributed by atoms with Gasteiger partial charge in [0.1, 0.15) is 11.5 Å². The Morgan fingerprint density at radius 2 is 1.46 bits per heavy atom. The molecule has 0 atom stereocenters. The molecule has 7 heteroatoms. The number of hydrogen-bond donors (Lipinski definition) is 1. The number of nitrogens with one attached hydrogen (secondary N) is 1. The van der Waals surface area contributed by atoms with Crippen LogP contribution in [-0.4, -0.2) is 18.9 Å². The minimum Gasteiger partial charge on any atom is -0.484 e. The van der Waals surface area contributed by atoms with Gasteiger partial charge >= 0.3 is 6.36 Å². The predicted octanol–water partition coefficient (Wildman–Crippen LogP) is 4.90. The van der Waals surface area contributed by atoms with Gasteiger partial charge in [-0.25, -0.2) is 0 Å². The van der Waals surface area contributed by atoms with Gasteiger partial charge < -0.3 is 14.8 Å². The summed E-state index contributed by atoms with van der Waals surface area (Å²) in [7, 11) is 0. The summed E-state index contributed by atoms with van der Waals surface area (Å²) in [5.74, 6) is -0.220. The van der Waals surface area contributed by atoms with E-state index in [4.69, 9.17) is 4.74 Å². The molecular formula is C19H20F3NO3. The first kappa shape index (κ1) is 19.6. The Bertz CT molecular complexity index is 733. The van der Waals surface area contributed by atoms with E-state index in [9.17, 15) is 18.0 Å². The van der Waals surface area contributed by atoms with Crippen LogP contribution in [0.5, 0.6) is 11.5 Å². The van der Waals surface area contributed by atoms with Gasteiger partial charge in [-0.15, -0.1) is 13.2 Å². The topological polar surface area (TPSA) is 47.6 Å². The second-order valence-electron chi connectivity index (χ2n) is 6.68. The fourth-order valence-electron chi connectivity index (χ4n) is 2.14. The first-order chi connectivity index (χ1) is 12.0. The Kier molecular flexibility index (Phi) is 5.79. The molecule has 4 nitrogen and oxygen atoms in total. The third kappa shape index (κ3) is 6.31. The standard InChI is InChI=1S/C19H20F3NO3/c1-18(2,3)13-4-8-15(9-5-13)25-12-17(24)23-14-6-10-16(11-7-14)26-19(20,21)22/h4-11H,12H2,1-3H3,(H,23,24). The van der Waals surface area contributed by atoms with Crippen LogP contribution in [0, 0.1) is 0 Å². The zero-order valence-electron chi connectivity index (χ0n) is 14.7. The van der Waals surface area contributed by atoms with Crippen molar-refractivity contribution in [2.45, 2.75) is 32.5 Å². The molecule has 0 aliphatic rings. The normalized spacial score (nSPS) is 11.8. The number of ether oxygens (including phenoxy) is 2. The summed E-state index contributed by atoms with van der Waals surface area (Å²) in [4.78, 5) is 11.9. The lowest BCUT2D eigenvalue weighted by Crippen LogP contribution is -2.20. The maximum absolute atomic E-state index is 12.1. The summed E-state index contributed by atoms with van der Waals surface area (Å²) < 4.78 is 45.5. The van der Waals surface area contributed by atoms with E-state index in [1.54, 1.807) is 12.1 Å². The largest absolute Gasteiger partial charge is 0.573 e. The van der Waals surface area contributed by atoms with E-state index >= 15 is 0 Å². The van der Waals surface area contributed by atoms with E-state index < -0.39 is 12.3 Å². The second-order valence-corrected chi connectivity index (χ2v) is 6.68. The quantitative estimate of drug-likeness (QED) is 0.818. The lowest BCUT2D eigenvalue weighted by molar-refractivity contribution is -0.274. The minimum atomic E-state index is -4.75. The molecule has 0 heterocycles. The van der Waals surface area contributed by atoms with E-state index in [1.807, 2.05) is 12.1 Å². The van der Waals surface area contributed by atoms with Crippen LogP contribution in [0.15, 0.2) is 48.5 Å². The maximum Gasteiger partial charge on any atom is 0.573 e. The molecule has 0 unspecified atom stereocenters.